The Morgan fingerprint density at radius 1 is 0.852 bits per heavy atom. The monoisotopic (exact) mass is 364 g/mol. The number of fused-ring (bicyclic) bond motifs is 2. The molecule has 27 heavy (non-hydrogen) atoms. The van der Waals surface area contributed by atoms with Crippen molar-refractivity contribution >= 4 is 39.7 Å². The molecule has 7 heteroatoms. The predicted octanol–water partition coefficient (Wildman–Crippen LogP) is 3.87. The summed E-state index contributed by atoms with van der Waals surface area (Å²) >= 11 is 0. The number of carbonyl (C=O) groups is 3. The van der Waals surface area contributed by atoms with Crippen molar-refractivity contribution in [2.45, 2.75) is 6.92 Å². The zero-order valence-electron chi connectivity index (χ0n) is 14.3. The van der Waals surface area contributed by atoms with Crippen LogP contribution in [0.3, 0.4) is 0 Å². The molecular formula is C20H16N2O5. The largest absolute Gasteiger partial charge is 0.477 e. The summed E-state index contributed by atoms with van der Waals surface area (Å²) in [6, 6.07) is 17.7. The molecule has 0 unspecified atom stereocenters. The zero-order chi connectivity index (χ0) is 19.6. The van der Waals surface area contributed by atoms with E-state index < -0.39 is 11.9 Å². The average Bonchev–Trinajstić information content (AvgIpc) is 3.24. The first kappa shape index (κ1) is 17.9. The quantitative estimate of drug-likeness (QED) is 0.500. The van der Waals surface area contributed by atoms with Gasteiger partial charge in [0.05, 0.1) is 5.52 Å². The van der Waals surface area contributed by atoms with E-state index in [9.17, 15) is 14.4 Å². The first-order valence-electron chi connectivity index (χ1n) is 8.04. The molecule has 136 valence electrons. The smallest absolute Gasteiger partial charge is 0.352 e. The van der Waals surface area contributed by atoms with Crippen LogP contribution in [0.5, 0.6) is 0 Å². The lowest BCUT2D eigenvalue weighted by Crippen LogP contribution is -2.13. The third-order valence-corrected chi connectivity index (χ3v) is 4.01. The molecule has 0 aliphatic heterocycles. The van der Waals surface area contributed by atoms with Crippen LogP contribution in [0.2, 0.25) is 0 Å². The summed E-state index contributed by atoms with van der Waals surface area (Å²) < 4.78 is 1.21. The number of carboxylic acids is 2. The number of para-hydroxylation sites is 2. The molecule has 0 radical (unpaired) electrons. The summed E-state index contributed by atoms with van der Waals surface area (Å²) in [5, 5.41) is 19.3. The van der Waals surface area contributed by atoms with Crippen LogP contribution in [0.1, 0.15) is 32.7 Å². The maximum absolute atomic E-state index is 11.3. The van der Waals surface area contributed by atoms with E-state index >= 15 is 0 Å². The highest BCUT2D eigenvalue weighted by atomic mass is 16.4. The Morgan fingerprint density at radius 3 is 2.07 bits per heavy atom. The van der Waals surface area contributed by atoms with Gasteiger partial charge in [-0.15, -0.1) is 0 Å². The molecule has 3 N–H and O–H groups in total. The van der Waals surface area contributed by atoms with Crippen molar-refractivity contribution < 1.29 is 24.6 Å². The van der Waals surface area contributed by atoms with Gasteiger partial charge in [0, 0.05) is 23.2 Å². The molecule has 2 heterocycles. The molecule has 0 saturated carbocycles. The second kappa shape index (κ2) is 7.17. The fourth-order valence-electron chi connectivity index (χ4n) is 2.84. The van der Waals surface area contributed by atoms with Gasteiger partial charge in [0.2, 0.25) is 5.91 Å². The number of benzene rings is 2. The van der Waals surface area contributed by atoms with Gasteiger partial charge in [0.1, 0.15) is 11.4 Å². The van der Waals surface area contributed by atoms with Crippen LogP contribution in [-0.2, 0) is 0 Å². The first-order chi connectivity index (χ1) is 12.9. The number of carbonyl (C=O) groups excluding carboxylic acids is 1. The number of aromatic nitrogens is 2. The van der Waals surface area contributed by atoms with E-state index in [-0.39, 0.29) is 17.3 Å². The van der Waals surface area contributed by atoms with Crippen molar-refractivity contribution in [1.82, 2.24) is 9.55 Å². The molecule has 4 aromatic rings. The first-order valence-corrected chi connectivity index (χ1v) is 8.04. The van der Waals surface area contributed by atoms with Crippen LogP contribution in [0.15, 0.2) is 60.7 Å². The minimum atomic E-state index is -1.10. The summed E-state index contributed by atoms with van der Waals surface area (Å²) in [6.45, 7) is 1.35. The second-order valence-electron chi connectivity index (χ2n) is 5.82. The number of nitrogens with one attached hydrogen (secondary N) is 1. The number of carboxylic acid groups (broad SMARTS) is 2. The molecule has 0 bridgehead atoms. The van der Waals surface area contributed by atoms with E-state index in [0.717, 1.165) is 16.3 Å². The standard InChI is InChI=1S/C11H9NO3.C9H7NO2/c1-7(13)12-9-5-3-2-4-8(9)6-10(12)11(14)15;11-9(12)8-5-6-3-1-2-4-7(6)10-8/h2-6H,1H3,(H,14,15);1-5,10H,(H,11,12). The Labute approximate surface area is 153 Å². The second-order valence-corrected chi connectivity index (χ2v) is 5.82. The van der Waals surface area contributed by atoms with Gasteiger partial charge < -0.3 is 15.2 Å². The Kier molecular flexibility index (Phi) is 4.76. The predicted molar refractivity (Wildman–Crippen MR) is 100 cm³/mol. The lowest BCUT2D eigenvalue weighted by atomic mass is 10.2. The molecular weight excluding hydrogens is 348 g/mol. The molecule has 0 spiro atoms. The van der Waals surface area contributed by atoms with Gasteiger partial charge in [0.25, 0.3) is 0 Å². The van der Waals surface area contributed by atoms with Gasteiger partial charge >= 0.3 is 11.9 Å². The van der Waals surface area contributed by atoms with Crippen LogP contribution in [0.25, 0.3) is 21.8 Å². The maximum atomic E-state index is 11.3. The summed E-state index contributed by atoms with van der Waals surface area (Å²) in [7, 11) is 0. The normalized spacial score (nSPS) is 10.4. The number of hydrogen-bond donors (Lipinski definition) is 3. The Morgan fingerprint density at radius 2 is 1.48 bits per heavy atom. The van der Waals surface area contributed by atoms with Crippen molar-refractivity contribution in [1.29, 1.82) is 0 Å². The zero-order valence-corrected chi connectivity index (χ0v) is 14.3. The molecule has 0 saturated heterocycles. The van der Waals surface area contributed by atoms with E-state index in [1.807, 2.05) is 24.3 Å². The summed E-state index contributed by atoms with van der Waals surface area (Å²) in [5.74, 6) is -2.32. The molecule has 2 aromatic heterocycles. The Bertz CT molecular complexity index is 1140. The highest BCUT2D eigenvalue weighted by molar-refractivity contribution is 6.01. The molecule has 0 fully saturated rings. The lowest BCUT2D eigenvalue weighted by molar-refractivity contribution is 0.0672. The van der Waals surface area contributed by atoms with E-state index in [1.54, 1.807) is 30.3 Å². The summed E-state index contributed by atoms with van der Waals surface area (Å²) in [6.07, 6.45) is 0. The minimum Gasteiger partial charge on any atom is -0.477 e. The Hall–Kier alpha value is -3.87. The molecule has 0 amide bonds. The minimum absolute atomic E-state index is 0.00343. The number of aromatic amines is 1. The number of aromatic carboxylic acids is 2. The van der Waals surface area contributed by atoms with Gasteiger partial charge in [-0.05, 0) is 24.3 Å². The molecule has 0 aliphatic carbocycles. The van der Waals surface area contributed by atoms with Gasteiger partial charge in [-0.25, -0.2) is 9.59 Å². The maximum Gasteiger partial charge on any atom is 0.352 e. The highest BCUT2D eigenvalue weighted by Crippen LogP contribution is 2.19. The molecule has 2 aromatic carbocycles. The van der Waals surface area contributed by atoms with Crippen LogP contribution in [0.4, 0.5) is 0 Å². The molecule has 4 rings (SSSR count). The Balaban J connectivity index is 0.000000159. The van der Waals surface area contributed by atoms with Crippen molar-refractivity contribution in [2.24, 2.45) is 0 Å². The van der Waals surface area contributed by atoms with Crippen LogP contribution in [0, 0.1) is 0 Å². The summed E-state index contributed by atoms with van der Waals surface area (Å²) in [5.41, 5.74) is 1.72. The SMILES string of the molecule is CC(=O)n1c(C(=O)O)cc2ccccc21.O=C(O)c1cc2ccccc2[nH]1. The fourth-order valence-corrected chi connectivity index (χ4v) is 2.84. The third kappa shape index (κ3) is 3.57. The third-order valence-electron chi connectivity index (χ3n) is 4.01. The van der Waals surface area contributed by atoms with Gasteiger partial charge in [-0.1, -0.05) is 36.4 Å². The number of hydrogen-bond acceptors (Lipinski definition) is 3. The van der Waals surface area contributed by atoms with Crippen molar-refractivity contribution in [3.63, 3.8) is 0 Å². The highest BCUT2D eigenvalue weighted by Gasteiger charge is 2.16. The number of H-pyrrole nitrogens is 1. The molecule has 0 aliphatic rings. The van der Waals surface area contributed by atoms with Crippen LogP contribution in [-0.4, -0.2) is 37.6 Å². The van der Waals surface area contributed by atoms with Gasteiger partial charge in [0.15, 0.2) is 0 Å². The lowest BCUT2D eigenvalue weighted by Gasteiger charge is -2.01. The number of rotatable bonds is 2. The number of nitrogens with zero attached hydrogens (tertiary/aromatic N) is 1. The van der Waals surface area contributed by atoms with E-state index in [1.165, 1.54) is 17.6 Å². The van der Waals surface area contributed by atoms with Crippen molar-refractivity contribution in [3.8, 4) is 0 Å². The van der Waals surface area contributed by atoms with E-state index in [4.69, 9.17) is 10.2 Å². The van der Waals surface area contributed by atoms with Gasteiger partial charge in [-0.2, -0.15) is 0 Å². The van der Waals surface area contributed by atoms with Crippen molar-refractivity contribution in [2.75, 3.05) is 0 Å². The fraction of sp³-hybridized carbons (Fsp3) is 0.0500. The van der Waals surface area contributed by atoms with Gasteiger partial charge in [-0.3, -0.25) is 9.36 Å². The van der Waals surface area contributed by atoms with E-state index in [2.05, 4.69) is 4.98 Å². The molecule has 0 atom stereocenters. The van der Waals surface area contributed by atoms with Crippen LogP contribution >= 0.6 is 0 Å². The van der Waals surface area contributed by atoms with E-state index in [0.29, 0.717) is 5.52 Å². The summed E-state index contributed by atoms with van der Waals surface area (Å²) in [4.78, 5) is 35.6. The van der Waals surface area contributed by atoms with Crippen molar-refractivity contribution in [3.05, 3.63) is 72.1 Å². The average molecular weight is 364 g/mol. The molecule has 7 nitrogen and oxygen atoms in total. The van der Waals surface area contributed by atoms with Crippen LogP contribution < -0.4 is 0 Å². The topological polar surface area (TPSA) is 112 Å².